The van der Waals surface area contributed by atoms with Crippen molar-refractivity contribution in [3.63, 3.8) is 0 Å². The van der Waals surface area contributed by atoms with E-state index in [0.717, 1.165) is 35.1 Å². The van der Waals surface area contributed by atoms with E-state index < -0.39 is 0 Å². The molecule has 1 saturated carbocycles. The number of hydrogen-bond donors (Lipinski definition) is 0. The average molecular weight is 299 g/mol. The summed E-state index contributed by atoms with van der Waals surface area (Å²) in [5.74, 6) is 1.70. The van der Waals surface area contributed by atoms with Crippen LogP contribution in [0.2, 0.25) is 0 Å². The van der Waals surface area contributed by atoms with Gasteiger partial charge >= 0.3 is 0 Å². The Kier molecular flexibility index (Phi) is 3.15. The Morgan fingerprint density at radius 3 is 3.00 bits per heavy atom. The van der Waals surface area contributed by atoms with Crippen LogP contribution in [0.5, 0.6) is 0 Å². The van der Waals surface area contributed by atoms with Crippen LogP contribution in [-0.2, 0) is 11.3 Å². The molecule has 1 fully saturated rings. The smallest absolute Gasteiger partial charge is 0.252 e. The molecule has 0 radical (unpaired) electrons. The van der Waals surface area contributed by atoms with Crippen molar-refractivity contribution in [1.82, 2.24) is 24.7 Å². The summed E-state index contributed by atoms with van der Waals surface area (Å²) >= 11 is 0. The van der Waals surface area contributed by atoms with Crippen molar-refractivity contribution in [2.75, 3.05) is 6.61 Å². The second kappa shape index (κ2) is 5.17. The first-order valence-corrected chi connectivity index (χ1v) is 7.43. The maximum Gasteiger partial charge on any atom is 0.252 e. The highest BCUT2D eigenvalue weighted by Gasteiger charge is 2.22. The first-order valence-electron chi connectivity index (χ1n) is 7.43. The Bertz CT molecular complexity index is 819. The van der Waals surface area contributed by atoms with Crippen LogP contribution in [0.4, 0.5) is 0 Å². The van der Waals surface area contributed by atoms with E-state index >= 15 is 0 Å². The molecule has 4 rings (SSSR count). The summed E-state index contributed by atoms with van der Waals surface area (Å²) < 4.78 is 12.6. The maximum atomic E-state index is 5.57. The first-order chi connectivity index (χ1) is 10.7. The van der Waals surface area contributed by atoms with Gasteiger partial charge in [0, 0.05) is 11.4 Å². The lowest BCUT2D eigenvalue weighted by atomic mass is 10.3. The van der Waals surface area contributed by atoms with E-state index in [1.807, 2.05) is 19.9 Å². The van der Waals surface area contributed by atoms with Gasteiger partial charge < -0.3 is 9.26 Å². The van der Waals surface area contributed by atoms with Crippen molar-refractivity contribution < 1.29 is 9.26 Å². The van der Waals surface area contributed by atoms with Crippen LogP contribution >= 0.6 is 0 Å². The lowest BCUT2D eigenvalue weighted by Crippen LogP contribution is -1.98. The highest BCUT2D eigenvalue weighted by Crippen LogP contribution is 2.29. The van der Waals surface area contributed by atoms with E-state index in [0.29, 0.717) is 18.3 Å². The second-order valence-electron chi connectivity index (χ2n) is 5.80. The molecule has 114 valence electrons. The summed E-state index contributed by atoms with van der Waals surface area (Å²) in [6, 6.07) is 1.98. The Labute approximate surface area is 127 Å². The van der Waals surface area contributed by atoms with Crippen LogP contribution in [0.25, 0.3) is 17.0 Å². The molecule has 22 heavy (non-hydrogen) atoms. The molecule has 7 nitrogen and oxygen atoms in total. The second-order valence-corrected chi connectivity index (χ2v) is 5.80. The van der Waals surface area contributed by atoms with Gasteiger partial charge in [-0.25, -0.2) is 9.50 Å². The summed E-state index contributed by atoms with van der Waals surface area (Å²) in [5.41, 5.74) is 3.46. The van der Waals surface area contributed by atoms with Gasteiger partial charge in [0.15, 0.2) is 5.65 Å². The monoisotopic (exact) mass is 299 g/mol. The lowest BCUT2D eigenvalue weighted by molar-refractivity contribution is 0.0894. The number of aryl methyl sites for hydroxylation is 2. The van der Waals surface area contributed by atoms with E-state index in [1.54, 1.807) is 10.7 Å². The zero-order valence-electron chi connectivity index (χ0n) is 12.6. The van der Waals surface area contributed by atoms with E-state index in [1.165, 1.54) is 12.8 Å². The molecule has 3 aromatic rings. The van der Waals surface area contributed by atoms with Gasteiger partial charge in [-0.3, -0.25) is 0 Å². The van der Waals surface area contributed by atoms with Gasteiger partial charge in [-0.1, -0.05) is 5.16 Å². The molecule has 0 spiro atoms. The molecule has 0 unspecified atom stereocenters. The molecular formula is C15H17N5O2. The molecule has 0 atom stereocenters. The minimum Gasteiger partial charge on any atom is -0.371 e. The molecule has 3 heterocycles. The van der Waals surface area contributed by atoms with Crippen LogP contribution in [0.15, 0.2) is 16.8 Å². The Morgan fingerprint density at radius 2 is 2.18 bits per heavy atom. The molecule has 0 amide bonds. The number of nitrogens with zero attached hydrogens (tertiary/aromatic N) is 5. The molecule has 3 aromatic heterocycles. The summed E-state index contributed by atoms with van der Waals surface area (Å²) in [6.07, 6.45) is 4.25. The summed E-state index contributed by atoms with van der Waals surface area (Å²) in [6.45, 7) is 5.07. The Balaban J connectivity index is 1.60. The van der Waals surface area contributed by atoms with Crippen LogP contribution in [-0.4, -0.2) is 31.3 Å². The van der Waals surface area contributed by atoms with Gasteiger partial charge in [0.1, 0.15) is 6.61 Å². The van der Waals surface area contributed by atoms with E-state index in [4.69, 9.17) is 9.26 Å². The lowest BCUT2D eigenvalue weighted by Gasteiger charge is -2.00. The van der Waals surface area contributed by atoms with E-state index in [9.17, 15) is 0 Å². The number of ether oxygens (including phenoxy) is 1. The third-order valence-electron chi connectivity index (χ3n) is 3.76. The molecular weight excluding hydrogens is 282 g/mol. The summed E-state index contributed by atoms with van der Waals surface area (Å²) in [5, 5.41) is 8.36. The third-order valence-corrected chi connectivity index (χ3v) is 3.76. The number of hydrogen-bond acceptors (Lipinski definition) is 6. The van der Waals surface area contributed by atoms with Gasteiger partial charge in [-0.05, 0) is 38.7 Å². The van der Waals surface area contributed by atoms with Gasteiger partial charge in [-0.2, -0.15) is 10.1 Å². The van der Waals surface area contributed by atoms with Gasteiger partial charge in [-0.15, -0.1) is 0 Å². The third kappa shape index (κ3) is 2.48. The standard InChI is InChI=1S/C15H17N5O2/c1-9-5-10(2)20-15(17-9)12(6-16-20)14-18-13(22-19-14)8-21-7-11-3-4-11/h5-6,11H,3-4,7-8H2,1-2H3. The molecule has 0 aromatic carbocycles. The van der Waals surface area contributed by atoms with Crippen molar-refractivity contribution in [2.24, 2.45) is 5.92 Å². The molecule has 1 aliphatic rings. The van der Waals surface area contributed by atoms with Gasteiger partial charge in [0.25, 0.3) is 5.89 Å². The molecule has 0 saturated heterocycles. The fourth-order valence-electron chi connectivity index (χ4n) is 2.45. The minimum atomic E-state index is 0.355. The van der Waals surface area contributed by atoms with Gasteiger partial charge in [0.2, 0.25) is 5.82 Å². The molecule has 1 aliphatic carbocycles. The zero-order chi connectivity index (χ0) is 15.1. The Morgan fingerprint density at radius 1 is 1.32 bits per heavy atom. The Hall–Kier alpha value is -2.28. The highest BCUT2D eigenvalue weighted by molar-refractivity contribution is 5.72. The van der Waals surface area contributed by atoms with Crippen molar-refractivity contribution in [3.05, 3.63) is 29.5 Å². The number of fused-ring (bicyclic) bond motifs is 1. The van der Waals surface area contributed by atoms with Gasteiger partial charge in [0.05, 0.1) is 18.4 Å². The van der Waals surface area contributed by atoms with Crippen LogP contribution in [0, 0.1) is 19.8 Å². The zero-order valence-corrected chi connectivity index (χ0v) is 12.6. The molecule has 0 aliphatic heterocycles. The van der Waals surface area contributed by atoms with Crippen molar-refractivity contribution in [2.45, 2.75) is 33.3 Å². The van der Waals surface area contributed by atoms with E-state index in [2.05, 4.69) is 20.2 Å². The quantitative estimate of drug-likeness (QED) is 0.719. The molecule has 0 N–H and O–H groups in total. The SMILES string of the molecule is Cc1cc(C)n2ncc(-c3noc(COCC4CC4)n3)c2n1. The minimum absolute atomic E-state index is 0.355. The number of aromatic nitrogens is 5. The summed E-state index contributed by atoms with van der Waals surface area (Å²) in [7, 11) is 0. The van der Waals surface area contributed by atoms with E-state index in [-0.39, 0.29) is 0 Å². The first kappa shape index (κ1) is 13.4. The normalized spacial score (nSPS) is 14.8. The topological polar surface area (TPSA) is 78.3 Å². The van der Waals surface area contributed by atoms with Crippen molar-refractivity contribution >= 4 is 5.65 Å². The molecule has 0 bridgehead atoms. The van der Waals surface area contributed by atoms with Crippen LogP contribution in [0.1, 0.15) is 30.1 Å². The molecule has 7 heteroatoms. The predicted octanol–water partition coefficient (Wildman–Crippen LogP) is 2.32. The predicted molar refractivity (Wildman–Crippen MR) is 78.1 cm³/mol. The summed E-state index contributed by atoms with van der Waals surface area (Å²) in [4.78, 5) is 8.91. The number of rotatable bonds is 5. The average Bonchev–Trinajstić information content (AvgIpc) is 3.02. The van der Waals surface area contributed by atoms with Crippen molar-refractivity contribution in [1.29, 1.82) is 0 Å². The highest BCUT2D eigenvalue weighted by atomic mass is 16.5. The van der Waals surface area contributed by atoms with Crippen LogP contribution < -0.4 is 0 Å². The fraction of sp³-hybridized carbons (Fsp3) is 0.467. The largest absolute Gasteiger partial charge is 0.371 e. The maximum absolute atomic E-state index is 5.57. The van der Waals surface area contributed by atoms with Crippen LogP contribution in [0.3, 0.4) is 0 Å². The van der Waals surface area contributed by atoms with Crippen molar-refractivity contribution in [3.8, 4) is 11.4 Å². The fourth-order valence-corrected chi connectivity index (χ4v) is 2.45.